The molecule has 0 aliphatic rings. The van der Waals surface area contributed by atoms with Crippen molar-refractivity contribution >= 4 is 17.5 Å². The van der Waals surface area contributed by atoms with E-state index in [1.165, 1.54) is 6.07 Å². The number of hydrogen-bond donors (Lipinski definition) is 2. The number of carbonyl (C=O) groups is 1. The zero-order valence-corrected chi connectivity index (χ0v) is 9.84. The third-order valence-corrected chi connectivity index (χ3v) is 2.29. The van der Waals surface area contributed by atoms with Crippen LogP contribution >= 0.6 is 11.6 Å². The van der Waals surface area contributed by atoms with Crippen LogP contribution in [0.15, 0.2) is 18.2 Å². The Labute approximate surface area is 102 Å². The summed E-state index contributed by atoms with van der Waals surface area (Å²) in [5.41, 5.74) is 1.06. The molecule has 1 atom stereocenters. The highest BCUT2D eigenvalue weighted by atomic mass is 35.5. The molecule has 1 aromatic rings. The van der Waals surface area contributed by atoms with Gasteiger partial charge in [0.1, 0.15) is 6.10 Å². The molecule has 2 N–H and O–H groups in total. The van der Waals surface area contributed by atoms with Gasteiger partial charge in [0.2, 0.25) is 0 Å². The summed E-state index contributed by atoms with van der Waals surface area (Å²) >= 11 is 5.76. The lowest BCUT2D eigenvalue weighted by atomic mass is 10.1. The van der Waals surface area contributed by atoms with Crippen LogP contribution in [0.5, 0.6) is 0 Å². The Balaban J connectivity index is 2.64. The van der Waals surface area contributed by atoms with Crippen LogP contribution in [-0.2, 0) is 0 Å². The van der Waals surface area contributed by atoms with Crippen LogP contribution in [0.1, 0.15) is 15.9 Å². The largest absolute Gasteiger partial charge is 0.385 e. The minimum absolute atomic E-state index is 0.275. The van der Waals surface area contributed by atoms with E-state index in [1.54, 1.807) is 19.1 Å². The molecule has 1 unspecified atom stereocenters. The summed E-state index contributed by atoms with van der Waals surface area (Å²) in [7, 11) is 0. The Morgan fingerprint density at radius 2 is 2.12 bits per heavy atom. The maximum atomic E-state index is 12.0. The maximum absolute atomic E-state index is 12.0. The number of carbonyl (C=O) groups excluding carboxylic acids is 1. The van der Waals surface area contributed by atoms with Crippen LogP contribution in [-0.4, -0.2) is 30.1 Å². The first-order valence-electron chi connectivity index (χ1n) is 4.91. The average molecular weight is 264 g/mol. The monoisotopic (exact) mass is 263 g/mol. The molecule has 0 bridgehead atoms. The van der Waals surface area contributed by atoms with Gasteiger partial charge in [0.15, 0.2) is 0 Å². The molecule has 1 rings (SSSR count). The van der Waals surface area contributed by atoms with E-state index in [0.29, 0.717) is 5.02 Å². The Hall–Kier alpha value is -1.20. The van der Waals surface area contributed by atoms with Gasteiger partial charge in [-0.1, -0.05) is 11.6 Å². The van der Waals surface area contributed by atoms with Crippen molar-refractivity contribution in [2.24, 2.45) is 0 Å². The average Bonchev–Trinajstić information content (AvgIpc) is 2.23. The first kappa shape index (κ1) is 13.9. The molecular weight excluding hydrogens is 252 g/mol. The summed E-state index contributed by atoms with van der Waals surface area (Å²) in [4.78, 5) is 11.6. The number of aliphatic hydroxyl groups is 1. The molecule has 0 aromatic heterocycles. The van der Waals surface area contributed by atoms with E-state index in [4.69, 9.17) is 16.7 Å². The molecule has 6 heteroatoms. The zero-order chi connectivity index (χ0) is 13.0. The van der Waals surface area contributed by atoms with Gasteiger partial charge in [0.25, 0.3) is 12.3 Å². The minimum atomic E-state index is -2.88. The summed E-state index contributed by atoms with van der Waals surface area (Å²) in [5.74, 6) is -0.546. The van der Waals surface area contributed by atoms with Crippen molar-refractivity contribution < 1.29 is 18.7 Å². The molecule has 0 fully saturated rings. The van der Waals surface area contributed by atoms with Crippen LogP contribution in [0.4, 0.5) is 8.78 Å². The minimum Gasteiger partial charge on any atom is -0.385 e. The normalized spacial score (nSPS) is 12.6. The van der Waals surface area contributed by atoms with Crippen LogP contribution < -0.4 is 5.32 Å². The Morgan fingerprint density at radius 1 is 1.47 bits per heavy atom. The SMILES string of the molecule is Cc1cc(Cl)cc(C(=O)NCC(O)C(F)F)c1. The number of nitrogens with one attached hydrogen (secondary N) is 1. The number of benzene rings is 1. The maximum Gasteiger partial charge on any atom is 0.265 e. The summed E-state index contributed by atoms with van der Waals surface area (Å²) in [6, 6.07) is 4.68. The molecule has 1 amide bonds. The molecule has 0 spiro atoms. The number of amides is 1. The lowest BCUT2D eigenvalue weighted by Gasteiger charge is -2.11. The van der Waals surface area contributed by atoms with Crippen LogP contribution in [0.25, 0.3) is 0 Å². The van der Waals surface area contributed by atoms with E-state index in [-0.39, 0.29) is 5.56 Å². The molecule has 0 saturated heterocycles. The molecular formula is C11H12ClF2NO2. The van der Waals surface area contributed by atoms with Crippen molar-refractivity contribution in [2.45, 2.75) is 19.5 Å². The van der Waals surface area contributed by atoms with E-state index >= 15 is 0 Å². The Morgan fingerprint density at radius 3 is 2.65 bits per heavy atom. The second-order valence-electron chi connectivity index (χ2n) is 3.63. The fraction of sp³-hybridized carbons (Fsp3) is 0.364. The predicted molar refractivity (Wildman–Crippen MR) is 60.5 cm³/mol. The van der Waals surface area contributed by atoms with Crippen molar-refractivity contribution in [3.63, 3.8) is 0 Å². The number of aryl methyl sites for hydroxylation is 1. The lowest BCUT2D eigenvalue weighted by Crippen LogP contribution is -2.35. The second-order valence-corrected chi connectivity index (χ2v) is 4.07. The Bertz CT molecular complexity index is 392. The van der Waals surface area contributed by atoms with Crippen molar-refractivity contribution in [2.75, 3.05) is 6.54 Å². The molecule has 1 aromatic carbocycles. The molecule has 3 nitrogen and oxygen atoms in total. The van der Waals surface area contributed by atoms with E-state index in [9.17, 15) is 13.6 Å². The number of rotatable bonds is 4. The standard InChI is InChI=1S/C11H12ClF2NO2/c1-6-2-7(4-8(12)3-6)11(17)15-5-9(16)10(13)14/h2-4,9-10,16H,5H2,1H3,(H,15,17). The third kappa shape index (κ3) is 4.28. The van der Waals surface area contributed by atoms with Gasteiger partial charge < -0.3 is 10.4 Å². The van der Waals surface area contributed by atoms with Crippen LogP contribution in [0, 0.1) is 6.92 Å². The summed E-state index contributed by atoms with van der Waals surface area (Å²) in [6.07, 6.45) is -4.74. The van der Waals surface area contributed by atoms with Gasteiger partial charge in [-0.05, 0) is 30.7 Å². The summed E-state index contributed by atoms with van der Waals surface area (Å²) < 4.78 is 24.0. The predicted octanol–water partition coefficient (Wildman–Crippen LogP) is 2.00. The van der Waals surface area contributed by atoms with Crippen molar-refractivity contribution in [1.82, 2.24) is 5.32 Å². The van der Waals surface area contributed by atoms with Crippen LogP contribution in [0.3, 0.4) is 0 Å². The fourth-order valence-corrected chi connectivity index (χ4v) is 1.55. The quantitative estimate of drug-likeness (QED) is 0.873. The van der Waals surface area contributed by atoms with Gasteiger partial charge in [-0.25, -0.2) is 8.78 Å². The van der Waals surface area contributed by atoms with E-state index < -0.39 is 25.0 Å². The van der Waals surface area contributed by atoms with E-state index in [1.807, 2.05) is 0 Å². The molecule has 0 heterocycles. The highest BCUT2D eigenvalue weighted by Crippen LogP contribution is 2.14. The summed E-state index contributed by atoms with van der Waals surface area (Å²) in [5, 5.41) is 11.4. The van der Waals surface area contributed by atoms with Gasteiger partial charge >= 0.3 is 0 Å². The van der Waals surface area contributed by atoms with Gasteiger partial charge in [0, 0.05) is 17.1 Å². The smallest absolute Gasteiger partial charge is 0.265 e. The fourth-order valence-electron chi connectivity index (χ4n) is 1.26. The lowest BCUT2D eigenvalue weighted by molar-refractivity contribution is -0.00270. The molecule has 17 heavy (non-hydrogen) atoms. The molecule has 0 saturated carbocycles. The Kier molecular flexibility index (Phi) is 4.84. The van der Waals surface area contributed by atoms with E-state index in [2.05, 4.69) is 5.32 Å². The number of aliphatic hydroxyl groups excluding tert-OH is 1. The highest BCUT2D eigenvalue weighted by molar-refractivity contribution is 6.31. The molecule has 0 aliphatic heterocycles. The first-order valence-corrected chi connectivity index (χ1v) is 5.29. The summed E-state index contributed by atoms with van der Waals surface area (Å²) in [6.45, 7) is 1.26. The van der Waals surface area contributed by atoms with Crippen molar-refractivity contribution in [3.05, 3.63) is 34.3 Å². The van der Waals surface area contributed by atoms with Gasteiger partial charge in [0.05, 0.1) is 0 Å². The van der Waals surface area contributed by atoms with Gasteiger partial charge in [-0.2, -0.15) is 0 Å². The van der Waals surface area contributed by atoms with E-state index in [0.717, 1.165) is 5.56 Å². The third-order valence-electron chi connectivity index (χ3n) is 2.07. The molecule has 0 radical (unpaired) electrons. The number of alkyl halides is 2. The number of hydrogen-bond acceptors (Lipinski definition) is 2. The molecule has 94 valence electrons. The zero-order valence-electron chi connectivity index (χ0n) is 9.08. The topological polar surface area (TPSA) is 49.3 Å². The second kappa shape index (κ2) is 5.93. The highest BCUT2D eigenvalue weighted by Gasteiger charge is 2.18. The van der Waals surface area contributed by atoms with Gasteiger partial charge in [-0.3, -0.25) is 4.79 Å². The van der Waals surface area contributed by atoms with Crippen molar-refractivity contribution in [1.29, 1.82) is 0 Å². The number of halogens is 3. The van der Waals surface area contributed by atoms with Crippen LogP contribution in [0.2, 0.25) is 5.02 Å². The first-order chi connectivity index (χ1) is 7.90. The molecule has 0 aliphatic carbocycles. The van der Waals surface area contributed by atoms with Gasteiger partial charge in [-0.15, -0.1) is 0 Å². The van der Waals surface area contributed by atoms with Crippen molar-refractivity contribution in [3.8, 4) is 0 Å².